The van der Waals surface area contributed by atoms with E-state index < -0.39 is 5.41 Å². The Bertz CT molecular complexity index is 892. The first-order chi connectivity index (χ1) is 13.7. The summed E-state index contributed by atoms with van der Waals surface area (Å²) in [5, 5.41) is 19.6. The maximum Gasteiger partial charge on any atom is 0.169 e. The van der Waals surface area contributed by atoms with Gasteiger partial charge in [0.2, 0.25) is 0 Å². The Labute approximate surface area is 169 Å². The van der Waals surface area contributed by atoms with Crippen molar-refractivity contribution < 1.29 is 29.3 Å². The molecule has 0 heterocycles. The average molecular weight is 396 g/mol. The minimum atomic E-state index is -1.27. The van der Waals surface area contributed by atoms with Crippen molar-refractivity contribution in [3.63, 3.8) is 0 Å². The number of ether oxygens (including phenoxy) is 2. The summed E-state index contributed by atoms with van der Waals surface area (Å²) in [7, 11) is 2.89. The Hall–Kier alpha value is -3.54. The second kappa shape index (κ2) is 9.10. The van der Waals surface area contributed by atoms with E-state index in [1.165, 1.54) is 50.7 Å². The quantitative estimate of drug-likeness (QED) is 0.517. The Balaban J connectivity index is 2.11. The minimum Gasteiger partial charge on any atom is -0.504 e. The van der Waals surface area contributed by atoms with Crippen LogP contribution in [0.5, 0.6) is 23.0 Å². The van der Waals surface area contributed by atoms with Crippen LogP contribution in [0.15, 0.2) is 48.6 Å². The molecule has 6 nitrogen and oxygen atoms in total. The van der Waals surface area contributed by atoms with E-state index >= 15 is 0 Å². The largest absolute Gasteiger partial charge is 0.504 e. The lowest BCUT2D eigenvalue weighted by molar-refractivity contribution is -0.132. The van der Waals surface area contributed by atoms with E-state index in [1.807, 2.05) is 0 Å². The van der Waals surface area contributed by atoms with Crippen LogP contribution in [0.2, 0.25) is 0 Å². The van der Waals surface area contributed by atoms with Crippen molar-refractivity contribution in [3.05, 3.63) is 59.7 Å². The van der Waals surface area contributed by atoms with Crippen LogP contribution in [0.4, 0.5) is 0 Å². The Kier molecular flexibility index (Phi) is 6.83. The second-order valence-electron chi connectivity index (χ2n) is 6.88. The molecule has 0 aliphatic rings. The molecular formula is C23H24O6. The van der Waals surface area contributed by atoms with Gasteiger partial charge >= 0.3 is 0 Å². The van der Waals surface area contributed by atoms with E-state index in [-0.39, 0.29) is 23.1 Å². The molecule has 0 bridgehead atoms. The predicted octanol–water partition coefficient (Wildman–Crippen LogP) is 4.01. The van der Waals surface area contributed by atoms with Gasteiger partial charge in [-0.05, 0) is 61.4 Å². The molecule has 0 aromatic heterocycles. The number of phenols is 2. The van der Waals surface area contributed by atoms with Crippen molar-refractivity contribution in [2.75, 3.05) is 14.2 Å². The van der Waals surface area contributed by atoms with Gasteiger partial charge in [-0.1, -0.05) is 24.3 Å². The van der Waals surface area contributed by atoms with Crippen LogP contribution in [0, 0.1) is 5.41 Å². The zero-order valence-corrected chi connectivity index (χ0v) is 16.8. The van der Waals surface area contributed by atoms with Crippen molar-refractivity contribution in [2.45, 2.75) is 13.8 Å². The fraction of sp³-hybridized carbons (Fsp3) is 0.217. The van der Waals surface area contributed by atoms with Crippen molar-refractivity contribution >= 4 is 23.7 Å². The molecule has 0 spiro atoms. The molecule has 2 aromatic rings. The number of hydrogen-bond donors (Lipinski definition) is 2. The third kappa shape index (κ3) is 5.25. The lowest BCUT2D eigenvalue weighted by Gasteiger charge is -2.17. The normalized spacial score (nSPS) is 11.7. The first-order valence-electron chi connectivity index (χ1n) is 8.88. The number of phenolic OH excluding ortho intramolecular Hbond substituents is 2. The Morgan fingerprint density at radius 3 is 1.48 bits per heavy atom. The van der Waals surface area contributed by atoms with Gasteiger partial charge in [0.05, 0.1) is 19.6 Å². The molecule has 0 aliphatic carbocycles. The molecule has 0 fully saturated rings. The summed E-state index contributed by atoms with van der Waals surface area (Å²) >= 11 is 0. The molecule has 0 amide bonds. The number of ketones is 2. The lowest BCUT2D eigenvalue weighted by atomic mass is 9.82. The molecule has 0 saturated heterocycles. The standard InChI is InChI=1S/C23H24O6/c1-23(2,21(26)11-7-15-5-9-19(28-3)17(24)13-15)22(27)12-8-16-6-10-20(29-4)18(25)14-16/h5-14,24-25H,1-4H3/b11-7+,12-8+. The van der Waals surface area contributed by atoms with Gasteiger partial charge in [0, 0.05) is 0 Å². The number of allylic oxidation sites excluding steroid dienone is 2. The van der Waals surface area contributed by atoms with Crippen molar-refractivity contribution in [3.8, 4) is 23.0 Å². The second-order valence-corrected chi connectivity index (χ2v) is 6.88. The molecule has 0 unspecified atom stereocenters. The van der Waals surface area contributed by atoms with Crippen LogP contribution in [-0.2, 0) is 9.59 Å². The molecule has 2 aromatic carbocycles. The van der Waals surface area contributed by atoms with Crippen LogP contribution in [-0.4, -0.2) is 36.0 Å². The summed E-state index contributed by atoms with van der Waals surface area (Å²) in [4.78, 5) is 25.1. The van der Waals surface area contributed by atoms with Gasteiger partial charge in [-0.2, -0.15) is 0 Å². The number of methoxy groups -OCH3 is 2. The highest BCUT2D eigenvalue weighted by Gasteiger charge is 2.32. The third-order valence-corrected chi connectivity index (χ3v) is 4.49. The highest BCUT2D eigenvalue weighted by Crippen LogP contribution is 2.28. The van der Waals surface area contributed by atoms with E-state index in [2.05, 4.69) is 0 Å². The summed E-state index contributed by atoms with van der Waals surface area (Å²) in [5.41, 5.74) is -0.0657. The first kappa shape index (κ1) is 21.8. The highest BCUT2D eigenvalue weighted by atomic mass is 16.5. The zero-order valence-electron chi connectivity index (χ0n) is 16.8. The smallest absolute Gasteiger partial charge is 0.169 e. The van der Waals surface area contributed by atoms with Crippen LogP contribution in [0.25, 0.3) is 12.2 Å². The molecule has 2 N–H and O–H groups in total. The molecule has 6 heteroatoms. The summed E-state index contributed by atoms with van der Waals surface area (Å²) < 4.78 is 9.96. The number of hydrogen-bond acceptors (Lipinski definition) is 6. The van der Waals surface area contributed by atoms with E-state index in [4.69, 9.17) is 9.47 Å². The molecule has 0 saturated carbocycles. The summed E-state index contributed by atoms with van der Waals surface area (Å²) in [6.45, 7) is 3.09. The molecule has 152 valence electrons. The van der Waals surface area contributed by atoms with Crippen LogP contribution >= 0.6 is 0 Å². The molecule has 2 rings (SSSR count). The highest BCUT2D eigenvalue weighted by molar-refractivity contribution is 6.16. The summed E-state index contributed by atoms with van der Waals surface area (Å²) in [5.74, 6) is -0.163. The number of carbonyl (C=O) groups excluding carboxylic acids is 2. The van der Waals surface area contributed by atoms with Gasteiger partial charge in [-0.15, -0.1) is 0 Å². The SMILES string of the molecule is COc1ccc(/C=C/C(=O)C(C)(C)C(=O)/C=C/c2ccc(OC)c(O)c2)cc1O. The Morgan fingerprint density at radius 2 is 1.17 bits per heavy atom. The van der Waals surface area contributed by atoms with Crippen LogP contribution in [0.3, 0.4) is 0 Å². The van der Waals surface area contributed by atoms with E-state index in [1.54, 1.807) is 38.1 Å². The van der Waals surface area contributed by atoms with Gasteiger partial charge in [0.25, 0.3) is 0 Å². The number of benzene rings is 2. The molecule has 0 aliphatic heterocycles. The maximum atomic E-state index is 12.6. The van der Waals surface area contributed by atoms with Crippen LogP contribution < -0.4 is 9.47 Å². The summed E-state index contributed by atoms with van der Waals surface area (Å²) in [6, 6.07) is 9.48. The molecule has 0 atom stereocenters. The first-order valence-corrected chi connectivity index (χ1v) is 8.88. The fourth-order valence-electron chi connectivity index (χ4n) is 2.50. The molecular weight excluding hydrogens is 372 g/mol. The van der Waals surface area contributed by atoms with Crippen molar-refractivity contribution in [2.24, 2.45) is 5.41 Å². The van der Waals surface area contributed by atoms with Crippen molar-refractivity contribution in [1.29, 1.82) is 0 Å². The monoisotopic (exact) mass is 396 g/mol. The molecule has 0 radical (unpaired) electrons. The van der Waals surface area contributed by atoms with Gasteiger partial charge in [0.1, 0.15) is 0 Å². The Morgan fingerprint density at radius 1 is 0.793 bits per heavy atom. The third-order valence-electron chi connectivity index (χ3n) is 4.49. The predicted molar refractivity (Wildman–Crippen MR) is 111 cm³/mol. The van der Waals surface area contributed by atoms with E-state index in [0.29, 0.717) is 22.6 Å². The maximum absolute atomic E-state index is 12.6. The van der Waals surface area contributed by atoms with Crippen molar-refractivity contribution in [1.82, 2.24) is 0 Å². The topological polar surface area (TPSA) is 93.1 Å². The average Bonchev–Trinajstić information content (AvgIpc) is 2.70. The number of rotatable bonds is 8. The van der Waals surface area contributed by atoms with Crippen LogP contribution in [0.1, 0.15) is 25.0 Å². The summed E-state index contributed by atoms with van der Waals surface area (Å²) in [6.07, 6.45) is 5.68. The van der Waals surface area contributed by atoms with E-state index in [9.17, 15) is 19.8 Å². The molecule has 29 heavy (non-hydrogen) atoms. The number of aromatic hydroxyl groups is 2. The van der Waals surface area contributed by atoms with Gasteiger partial charge in [0.15, 0.2) is 34.6 Å². The van der Waals surface area contributed by atoms with Gasteiger partial charge in [-0.3, -0.25) is 9.59 Å². The fourth-order valence-corrected chi connectivity index (χ4v) is 2.50. The van der Waals surface area contributed by atoms with E-state index in [0.717, 1.165) is 0 Å². The minimum absolute atomic E-state index is 0.0388. The number of carbonyl (C=O) groups is 2. The van der Waals surface area contributed by atoms with Gasteiger partial charge < -0.3 is 19.7 Å². The zero-order chi connectivity index (χ0) is 21.6. The lowest BCUT2D eigenvalue weighted by Crippen LogP contribution is -2.30. The van der Waals surface area contributed by atoms with Gasteiger partial charge in [-0.25, -0.2) is 0 Å².